The van der Waals surface area contributed by atoms with Gasteiger partial charge in [-0.1, -0.05) is 31.4 Å². The van der Waals surface area contributed by atoms with Crippen LogP contribution in [0, 0.1) is 0 Å². The molecule has 5 nitrogen and oxygen atoms in total. The fourth-order valence-corrected chi connectivity index (χ4v) is 3.89. The first-order chi connectivity index (χ1) is 13.7. The number of benzene rings is 1. The Bertz CT molecular complexity index is 668. The minimum atomic E-state index is -0.470. The second kappa shape index (κ2) is 11.2. The number of nitrogens with zero attached hydrogens (tertiary/aromatic N) is 1. The highest BCUT2D eigenvalue weighted by atomic mass is 16.5. The lowest BCUT2D eigenvalue weighted by molar-refractivity contribution is 0.0561. The zero-order chi connectivity index (χ0) is 19.6. The maximum Gasteiger partial charge on any atom is 0.119 e. The molecule has 1 aliphatic carbocycles. The standard InChI is InChI=1S/C23H34N2O3/c1-25(20-8-3-2-4-9-20)17-21(26)18-28-23-10-5-7-19(15-23)16-24-13-12-22-11-6-14-27-22/h5-7,10-11,14-15,20-21,24,26H,2-4,8-9,12-13,16-18H2,1H3. The van der Waals surface area contributed by atoms with Crippen molar-refractivity contribution in [2.45, 2.75) is 57.2 Å². The van der Waals surface area contributed by atoms with Gasteiger partial charge in [-0.25, -0.2) is 0 Å². The molecule has 1 aromatic carbocycles. The quantitative estimate of drug-likeness (QED) is 0.578. The van der Waals surface area contributed by atoms with Crippen molar-refractivity contribution in [2.24, 2.45) is 0 Å². The summed E-state index contributed by atoms with van der Waals surface area (Å²) in [6.07, 6.45) is 8.58. The van der Waals surface area contributed by atoms with Crippen molar-refractivity contribution in [1.29, 1.82) is 0 Å². The van der Waals surface area contributed by atoms with Gasteiger partial charge in [0.05, 0.1) is 6.26 Å². The first kappa shape index (κ1) is 20.9. The predicted octanol–water partition coefficient (Wildman–Crippen LogP) is 3.62. The molecule has 3 rings (SSSR count). The van der Waals surface area contributed by atoms with Crippen LogP contribution in [0.3, 0.4) is 0 Å². The summed E-state index contributed by atoms with van der Waals surface area (Å²) in [6, 6.07) is 12.6. The summed E-state index contributed by atoms with van der Waals surface area (Å²) in [6.45, 7) is 2.64. The maximum atomic E-state index is 10.4. The number of hydrogen-bond donors (Lipinski definition) is 2. The highest BCUT2D eigenvalue weighted by Gasteiger charge is 2.20. The van der Waals surface area contributed by atoms with Gasteiger partial charge in [0, 0.05) is 32.1 Å². The van der Waals surface area contributed by atoms with Gasteiger partial charge in [0.25, 0.3) is 0 Å². The molecular weight excluding hydrogens is 352 g/mol. The number of ether oxygens (including phenoxy) is 1. The van der Waals surface area contributed by atoms with E-state index in [1.54, 1.807) is 6.26 Å². The van der Waals surface area contributed by atoms with E-state index in [0.717, 1.165) is 31.0 Å². The minimum absolute atomic E-state index is 0.326. The second-order valence-electron chi connectivity index (χ2n) is 7.85. The van der Waals surface area contributed by atoms with Crippen LogP contribution in [0.5, 0.6) is 5.75 Å². The van der Waals surface area contributed by atoms with Crippen molar-refractivity contribution in [3.8, 4) is 5.75 Å². The van der Waals surface area contributed by atoms with E-state index >= 15 is 0 Å². The average molecular weight is 387 g/mol. The Kier molecular flexibility index (Phi) is 8.40. The number of rotatable bonds is 11. The third kappa shape index (κ3) is 6.97. The summed E-state index contributed by atoms with van der Waals surface area (Å²) in [5.74, 6) is 1.81. The Morgan fingerprint density at radius 2 is 2.07 bits per heavy atom. The highest BCUT2D eigenvalue weighted by Crippen LogP contribution is 2.21. The number of aliphatic hydroxyl groups excluding tert-OH is 1. The molecule has 0 spiro atoms. The number of aliphatic hydroxyl groups is 1. The molecule has 1 aliphatic rings. The van der Waals surface area contributed by atoms with Gasteiger partial charge in [0.15, 0.2) is 0 Å². The number of furan rings is 1. The highest BCUT2D eigenvalue weighted by molar-refractivity contribution is 5.28. The fourth-order valence-electron chi connectivity index (χ4n) is 3.89. The lowest BCUT2D eigenvalue weighted by Crippen LogP contribution is -2.40. The van der Waals surface area contributed by atoms with Crippen molar-refractivity contribution >= 4 is 0 Å². The largest absolute Gasteiger partial charge is 0.491 e. The van der Waals surface area contributed by atoms with Gasteiger partial charge in [0.2, 0.25) is 0 Å². The lowest BCUT2D eigenvalue weighted by atomic mass is 9.94. The van der Waals surface area contributed by atoms with Gasteiger partial charge in [-0.15, -0.1) is 0 Å². The summed E-state index contributed by atoms with van der Waals surface area (Å²) in [5.41, 5.74) is 1.17. The van der Waals surface area contributed by atoms with E-state index < -0.39 is 6.10 Å². The molecular formula is C23H34N2O3. The van der Waals surface area contributed by atoms with Crippen LogP contribution in [0.25, 0.3) is 0 Å². The van der Waals surface area contributed by atoms with Crippen LogP contribution in [0.15, 0.2) is 47.1 Å². The number of nitrogens with one attached hydrogen (secondary N) is 1. The fraction of sp³-hybridized carbons (Fsp3) is 0.565. The molecule has 0 radical (unpaired) electrons. The van der Waals surface area contributed by atoms with Gasteiger partial charge >= 0.3 is 0 Å². The molecule has 28 heavy (non-hydrogen) atoms. The second-order valence-corrected chi connectivity index (χ2v) is 7.85. The summed E-state index contributed by atoms with van der Waals surface area (Å²) in [5, 5.41) is 13.8. The zero-order valence-electron chi connectivity index (χ0n) is 17.0. The molecule has 0 saturated heterocycles. The van der Waals surface area contributed by atoms with E-state index in [-0.39, 0.29) is 0 Å². The molecule has 5 heteroatoms. The van der Waals surface area contributed by atoms with Gasteiger partial charge in [-0.05, 0) is 49.7 Å². The summed E-state index contributed by atoms with van der Waals surface area (Å²) < 4.78 is 11.2. The van der Waals surface area contributed by atoms with E-state index in [9.17, 15) is 5.11 Å². The molecule has 1 aromatic heterocycles. The van der Waals surface area contributed by atoms with Gasteiger partial charge in [-0.3, -0.25) is 0 Å². The first-order valence-corrected chi connectivity index (χ1v) is 10.5. The Balaban J connectivity index is 1.36. The molecule has 154 valence electrons. The maximum absolute atomic E-state index is 10.4. The van der Waals surface area contributed by atoms with E-state index in [1.165, 1.54) is 37.7 Å². The van der Waals surface area contributed by atoms with Crippen molar-refractivity contribution in [3.05, 3.63) is 54.0 Å². The summed E-state index contributed by atoms with van der Waals surface area (Å²) in [4.78, 5) is 2.30. The summed E-state index contributed by atoms with van der Waals surface area (Å²) >= 11 is 0. The number of likely N-dealkylation sites (N-methyl/N-ethyl adjacent to an activating group) is 1. The molecule has 0 aliphatic heterocycles. The predicted molar refractivity (Wildman–Crippen MR) is 112 cm³/mol. The van der Waals surface area contributed by atoms with Crippen LogP contribution in [-0.2, 0) is 13.0 Å². The summed E-state index contributed by atoms with van der Waals surface area (Å²) in [7, 11) is 2.12. The normalized spacial score (nSPS) is 16.4. The Morgan fingerprint density at radius 3 is 2.86 bits per heavy atom. The monoisotopic (exact) mass is 386 g/mol. The van der Waals surface area contributed by atoms with Crippen LogP contribution < -0.4 is 10.1 Å². The zero-order valence-corrected chi connectivity index (χ0v) is 17.0. The van der Waals surface area contributed by atoms with Crippen LogP contribution in [0.4, 0.5) is 0 Å². The lowest BCUT2D eigenvalue weighted by Gasteiger charge is -2.32. The molecule has 1 atom stereocenters. The van der Waals surface area contributed by atoms with Crippen LogP contribution >= 0.6 is 0 Å². The first-order valence-electron chi connectivity index (χ1n) is 10.5. The van der Waals surface area contributed by atoms with Gasteiger partial charge < -0.3 is 24.5 Å². The SMILES string of the molecule is CN(CC(O)COc1cccc(CNCCc2ccco2)c1)C1CCCCC1. The Hall–Kier alpha value is -1.82. The third-order valence-corrected chi connectivity index (χ3v) is 5.50. The molecule has 1 unspecified atom stereocenters. The van der Waals surface area contributed by atoms with Crippen molar-refractivity contribution in [3.63, 3.8) is 0 Å². The molecule has 1 saturated carbocycles. The third-order valence-electron chi connectivity index (χ3n) is 5.50. The topological polar surface area (TPSA) is 57.9 Å². The smallest absolute Gasteiger partial charge is 0.119 e. The average Bonchev–Trinajstić information content (AvgIpc) is 3.24. The molecule has 0 bridgehead atoms. The van der Waals surface area contributed by atoms with E-state index in [2.05, 4.69) is 23.3 Å². The van der Waals surface area contributed by atoms with Crippen LogP contribution in [0.2, 0.25) is 0 Å². The molecule has 2 aromatic rings. The number of hydrogen-bond acceptors (Lipinski definition) is 5. The van der Waals surface area contributed by atoms with Crippen molar-refractivity contribution in [2.75, 3.05) is 26.7 Å². The van der Waals surface area contributed by atoms with E-state index in [4.69, 9.17) is 9.15 Å². The molecule has 1 fully saturated rings. The van der Waals surface area contributed by atoms with Gasteiger partial charge in [-0.2, -0.15) is 0 Å². The van der Waals surface area contributed by atoms with Crippen molar-refractivity contribution < 1.29 is 14.3 Å². The molecule has 2 N–H and O–H groups in total. The Labute approximate surface area is 168 Å². The van der Waals surface area contributed by atoms with Crippen molar-refractivity contribution in [1.82, 2.24) is 10.2 Å². The van der Waals surface area contributed by atoms with Crippen LogP contribution in [0.1, 0.15) is 43.4 Å². The van der Waals surface area contributed by atoms with Crippen LogP contribution in [-0.4, -0.2) is 48.9 Å². The molecule has 0 amide bonds. The van der Waals surface area contributed by atoms with Gasteiger partial charge in [0.1, 0.15) is 24.2 Å². The van der Waals surface area contributed by atoms with E-state index in [1.807, 2.05) is 30.3 Å². The Morgan fingerprint density at radius 1 is 1.21 bits per heavy atom. The molecule has 1 heterocycles. The minimum Gasteiger partial charge on any atom is -0.491 e. The van der Waals surface area contributed by atoms with E-state index in [0.29, 0.717) is 19.2 Å².